The van der Waals surface area contributed by atoms with E-state index in [4.69, 9.17) is 19.9 Å². The Kier molecular flexibility index (Phi) is 9.12. The average molecular weight is 822 g/mol. The number of fused-ring (bicyclic) bond motifs is 2. The lowest BCUT2D eigenvalue weighted by molar-refractivity contribution is 0.0390. The van der Waals surface area contributed by atoms with Crippen molar-refractivity contribution in [2.45, 2.75) is 105 Å². The Morgan fingerprint density at radius 1 is 0.419 bits per heavy atom. The zero-order valence-electron chi connectivity index (χ0n) is 37.9. The molecule has 0 saturated heterocycles. The van der Waals surface area contributed by atoms with Gasteiger partial charge in [0.15, 0.2) is 0 Å². The number of hydrogen-bond acceptors (Lipinski definition) is 6. The minimum absolute atomic E-state index is 0.165. The minimum Gasteiger partial charge on any atom is -0.457 e. The molecule has 2 N–H and O–H groups in total. The Balaban J connectivity index is 1.44. The smallest absolute Gasteiger partial charge is 0.346 e. The summed E-state index contributed by atoms with van der Waals surface area (Å²) in [4.78, 5) is 27.9. The maximum absolute atomic E-state index is 13.9. The molecule has 6 heteroatoms. The lowest BCUT2D eigenvalue weighted by Crippen LogP contribution is -2.20. The Bertz CT molecular complexity index is 2950. The molecule has 0 aromatic heterocycles. The van der Waals surface area contributed by atoms with Crippen LogP contribution in [-0.2, 0) is 26.4 Å². The summed E-state index contributed by atoms with van der Waals surface area (Å²) in [6.07, 6.45) is 0. The second-order valence-electron chi connectivity index (χ2n) is 21.2. The van der Waals surface area contributed by atoms with E-state index in [9.17, 15) is 9.59 Å². The molecule has 1 aliphatic heterocycles. The number of anilines is 1. The molecular weight excluding hydrogens is 767 g/mol. The Morgan fingerprint density at radius 2 is 0.839 bits per heavy atom. The normalized spacial score (nSPS) is 13.7. The number of ether oxygens (including phenoxy) is 3. The van der Waals surface area contributed by atoms with E-state index in [0.29, 0.717) is 39.5 Å². The monoisotopic (exact) mass is 821 g/mol. The van der Waals surface area contributed by atoms with Crippen molar-refractivity contribution < 1.29 is 23.8 Å². The highest BCUT2D eigenvalue weighted by Crippen LogP contribution is 2.53. The average Bonchev–Trinajstić information content (AvgIpc) is 3.18. The van der Waals surface area contributed by atoms with E-state index in [0.717, 1.165) is 65.7 Å². The van der Waals surface area contributed by atoms with Gasteiger partial charge in [-0.15, -0.1) is 0 Å². The number of hydrogen-bond donors (Lipinski definition) is 1. The van der Waals surface area contributed by atoms with Gasteiger partial charge in [-0.05, 0) is 125 Å². The first-order valence-electron chi connectivity index (χ1n) is 21.5. The molecule has 8 aromatic carbocycles. The second-order valence-corrected chi connectivity index (χ2v) is 21.2. The van der Waals surface area contributed by atoms with Crippen LogP contribution in [0.3, 0.4) is 0 Å². The van der Waals surface area contributed by atoms with E-state index in [2.05, 4.69) is 150 Å². The molecule has 1 aliphatic rings. The third-order valence-electron chi connectivity index (χ3n) is 12.5. The molecule has 0 saturated carbocycles. The fourth-order valence-electron chi connectivity index (χ4n) is 8.84. The number of nitrogen functional groups attached to an aromatic ring is 1. The lowest BCUT2D eigenvalue weighted by Gasteiger charge is -2.28. The van der Waals surface area contributed by atoms with Crippen molar-refractivity contribution in [3.63, 3.8) is 0 Å². The van der Waals surface area contributed by atoms with Gasteiger partial charge in [-0.3, -0.25) is 0 Å². The van der Waals surface area contributed by atoms with Crippen molar-refractivity contribution in [1.82, 2.24) is 0 Å². The molecule has 0 atom stereocenters. The first-order chi connectivity index (χ1) is 29.0. The molecular formula is C56H55NO5. The Labute approximate surface area is 364 Å². The summed E-state index contributed by atoms with van der Waals surface area (Å²) in [7, 11) is 0. The lowest BCUT2D eigenvalue weighted by atomic mass is 9.80. The molecule has 0 fully saturated rings. The van der Waals surface area contributed by atoms with Gasteiger partial charge in [0.1, 0.15) is 23.0 Å². The van der Waals surface area contributed by atoms with Crippen LogP contribution < -0.4 is 15.2 Å². The first-order valence-corrected chi connectivity index (χ1v) is 21.5. The summed E-state index contributed by atoms with van der Waals surface area (Å²) in [6.45, 7) is 26.4. The van der Waals surface area contributed by atoms with Crippen LogP contribution in [0.4, 0.5) is 5.69 Å². The Morgan fingerprint density at radius 3 is 1.27 bits per heavy atom. The molecule has 8 aromatic rings. The molecule has 0 aliphatic carbocycles. The SMILES string of the molecule is CC(C)(C)c1cc(Oc2cc3c4c(cc(Oc5cc(C(C)(C)C)cc(C(C)(C)C)c5)c5c6ccc(-c7ccc(N)cc7)c7cccc(c2c45)c76)C(=O)OC3=O)cc(C(C)(C)C)c1. The van der Waals surface area contributed by atoms with E-state index in [-0.39, 0.29) is 32.8 Å². The van der Waals surface area contributed by atoms with Gasteiger partial charge in [-0.1, -0.05) is 138 Å². The molecule has 62 heavy (non-hydrogen) atoms. The third kappa shape index (κ3) is 6.90. The quantitative estimate of drug-likeness (QED) is 0.0612. The molecule has 0 amide bonds. The zero-order chi connectivity index (χ0) is 44.4. The van der Waals surface area contributed by atoms with E-state index < -0.39 is 11.9 Å². The van der Waals surface area contributed by atoms with Gasteiger partial charge in [-0.2, -0.15) is 0 Å². The van der Waals surface area contributed by atoms with Gasteiger partial charge in [0.25, 0.3) is 0 Å². The molecule has 9 rings (SSSR count). The van der Waals surface area contributed by atoms with Crippen LogP contribution >= 0.6 is 0 Å². The number of carbonyl (C=O) groups is 2. The highest BCUT2D eigenvalue weighted by atomic mass is 16.6. The summed E-state index contributed by atoms with van der Waals surface area (Å²) >= 11 is 0. The summed E-state index contributed by atoms with van der Waals surface area (Å²) in [5, 5.41) is 6.67. The summed E-state index contributed by atoms with van der Waals surface area (Å²) in [5.41, 5.74) is 13.3. The molecule has 6 nitrogen and oxygen atoms in total. The van der Waals surface area contributed by atoms with Crippen LogP contribution in [0.5, 0.6) is 23.0 Å². The molecule has 0 spiro atoms. The fourth-order valence-corrected chi connectivity index (χ4v) is 8.84. The van der Waals surface area contributed by atoms with Gasteiger partial charge < -0.3 is 19.9 Å². The van der Waals surface area contributed by atoms with Crippen molar-refractivity contribution in [1.29, 1.82) is 0 Å². The van der Waals surface area contributed by atoms with Crippen molar-refractivity contribution in [2.75, 3.05) is 5.73 Å². The maximum atomic E-state index is 13.9. The van der Waals surface area contributed by atoms with Gasteiger partial charge in [0.2, 0.25) is 0 Å². The van der Waals surface area contributed by atoms with Gasteiger partial charge in [0, 0.05) is 27.2 Å². The number of carbonyl (C=O) groups excluding carboxylic acids is 2. The molecule has 0 unspecified atom stereocenters. The van der Waals surface area contributed by atoms with Crippen LogP contribution in [0, 0.1) is 0 Å². The Hall–Kier alpha value is -6.40. The van der Waals surface area contributed by atoms with Gasteiger partial charge in [0.05, 0.1) is 11.1 Å². The number of nitrogens with two attached hydrogens (primary N) is 1. The van der Waals surface area contributed by atoms with E-state index in [1.807, 2.05) is 24.3 Å². The van der Waals surface area contributed by atoms with Crippen LogP contribution in [0.15, 0.2) is 103 Å². The predicted molar refractivity (Wildman–Crippen MR) is 255 cm³/mol. The van der Waals surface area contributed by atoms with Crippen LogP contribution in [-0.4, -0.2) is 11.9 Å². The topological polar surface area (TPSA) is 87.8 Å². The van der Waals surface area contributed by atoms with Crippen molar-refractivity contribution in [3.8, 4) is 34.1 Å². The number of rotatable bonds is 5. The zero-order valence-corrected chi connectivity index (χ0v) is 37.9. The summed E-state index contributed by atoms with van der Waals surface area (Å²) in [5.74, 6) is 0.842. The van der Waals surface area contributed by atoms with Crippen molar-refractivity contribution in [3.05, 3.63) is 137 Å². The van der Waals surface area contributed by atoms with E-state index in [1.54, 1.807) is 12.1 Å². The van der Waals surface area contributed by atoms with Gasteiger partial charge >= 0.3 is 11.9 Å². The van der Waals surface area contributed by atoms with Crippen LogP contribution in [0.2, 0.25) is 0 Å². The standard InChI is InChI=1S/C56H55NO5/c1-53(2,3)31-22-32(54(4,5)6)25-36(24-31)60-44-28-42-47-43(52(59)62-51(42)58)29-45(61-37-26-33(55(7,8)9)23-34(27-37)56(10,11)12)49-41-21-20-38(30-16-18-35(57)19-17-30)39-14-13-15-40(46(39)41)48(44)50(47)49/h13-29H,57H2,1-12H3. The molecule has 1 heterocycles. The highest BCUT2D eigenvalue weighted by molar-refractivity contribution is 6.40. The summed E-state index contributed by atoms with van der Waals surface area (Å²) < 4.78 is 19.8. The first kappa shape index (κ1) is 41.0. The van der Waals surface area contributed by atoms with Crippen LogP contribution in [0.1, 0.15) is 126 Å². The van der Waals surface area contributed by atoms with Crippen molar-refractivity contribution >= 4 is 60.7 Å². The summed E-state index contributed by atoms with van der Waals surface area (Å²) in [6, 6.07) is 34.9. The maximum Gasteiger partial charge on any atom is 0.346 e. The largest absolute Gasteiger partial charge is 0.457 e. The van der Waals surface area contributed by atoms with Crippen LogP contribution in [0.25, 0.3) is 54.2 Å². The molecule has 314 valence electrons. The number of benzene rings is 8. The van der Waals surface area contributed by atoms with E-state index >= 15 is 0 Å². The third-order valence-corrected chi connectivity index (χ3v) is 12.5. The minimum atomic E-state index is -0.715. The van der Waals surface area contributed by atoms with E-state index in [1.165, 1.54) is 0 Å². The van der Waals surface area contributed by atoms with Gasteiger partial charge in [-0.25, -0.2) is 9.59 Å². The molecule has 0 radical (unpaired) electrons. The highest BCUT2D eigenvalue weighted by Gasteiger charge is 2.35. The fraction of sp³-hybridized carbons (Fsp3) is 0.286. The molecule has 0 bridgehead atoms. The predicted octanol–water partition coefficient (Wildman–Crippen LogP) is 15.1. The second kappa shape index (κ2) is 13.8. The number of cyclic esters (lactones) is 2. The van der Waals surface area contributed by atoms with Crippen molar-refractivity contribution in [2.24, 2.45) is 0 Å². The number of esters is 2.